The van der Waals surface area contributed by atoms with E-state index in [-0.39, 0.29) is 65.4 Å². The number of aliphatic hydroxyl groups is 4. The summed E-state index contributed by atoms with van der Waals surface area (Å²) in [5.74, 6) is -7.35. The zero-order valence-electron chi connectivity index (χ0n) is 71.8. The molecule has 0 spiro atoms. The number of aliphatic hydroxyl groups excluding tert-OH is 3. The summed E-state index contributed by atoms with van der Waals surface area (Å²) in [6.07, 6.45) is -5.40. The van der Waals surface area contributed by atoms with Crippen molar-refractivity contribution >= 4 is 59.7 Å². The van der Waals surface area contributed by atoms with E-state index in [2.05, 4.69) is 10.6 Å². The second-order valence-corrected chi connectivity index (χ2v) is 37.3. The standard InChI is InChI=1S/C76H143N9O24/c1-67(2,3)100-55(88)42-80(35-37-82(44-57(90)102-69(7,8)9)45-58(91)103-70(10,11)12)39-52(84(48-61(94)106-73(19,20)21)49-62(95)107-74(22,23)24)65(98)77-31-33-79(41-54(86)87)34-32-78-66(99)53(85(50-63(96)108-75(25,26)27)51-64(97)109-76(28,29)30)40-81(43-56(89)101-68(4,5)6)36-38-83(46-59(92)104-71(13,14)15)47-60(93)105-72(16,17)18/h52-54,65-66,77-78,86-87,98-99H,31-51H2,1-30H3/t52?,53?,65-,66-/m0/s1. The molecule has 109 heavy (non-hydrogen) atoms. The van der Waals surface area contributed by atoms with Gasteiger partial charge in [0.05, 0.1) is 77.5 Å². The zero-order valence-corrected chi connectivity index (χ0v) is 71.8. The predicted octanol–water partition coefficient (Wildman–Crippen LogP) is 3.38. The number of carbonyl (C=O) groups excluding carboxylic acids is 10. The van der Waals surface area contributed by atoms with Crippen LogP contribution in [0.3, 0.4) is 0 Å². The predicted molar refractivity (Wildman–Crippen MR) is 408 cm³/mol. The van der Waals surface area contributed by atoms with Crippen molar-refractivity contribution in [1.29, 1.82) is 0 Å². The lowest BCUT2D eigenvalue weighted by Gasteiger charge is -2.39. The van der Waals surface area contributed by atoms with Gasteiger partial charge in [-0.1, -0.05) is 0 Å². The summed E-state index contributed by atoms with van der Waals surface area (Å²) in [6, 6.07) is -2.68. The van der Waals surface area contributed by atoms with Gasteiger partial charge in [0.25, 0.3) is 0 Å². The van der Waals surface area contributed by atoms with Gasteiger partial charge in [-0.2, -0.15) is 0 Å². The highest BCUT2D eigenvalue weighted by molar-refractivity contribution is 5.78. The van der Waals surface area contributed by atoms with Crippen LogP contribution in [-0.2, 0) is 95.3 Å². The van der Waals surface area contributed by atoms with Crippen LogP contribution in [0.4, 0.5) is 0 Å². The molecule has 2 unspecified atom stereocenters. The van der Waals surface area contributed by atoms with Crippen LogP contribution in [0.5, 0.6) is 0 Å². The van der Waals surface area contributed by atoms with E-state index in [1.54, 1.807) is 222 Å². The number of rotatable bonds is 44. The van der Waals surface area contributed by atoms with Crippen molar-refractivity contribution in [2.45, 2.75) is 295 Å². The maximum Gasteiger partial charge on any atom is 0.320 e. The first-order valence-electron chi connectivity index (χ1n) is 37.4. The number of hydrogen-bond acceptors (Lipinski definition) is 33. The average molecular weight is 1570 g/mol. The summed E-state index contributed by atoms with van der Waals surface area (Å²) in [7, 11) is 0. The van der Waals surface area contributed by atoms with Gasteiger partial charge in [-0.3, -0.25) is 92.9 Å². The SMILES string of the molecule is CC(C)(C)OC(=O)CN(CCN(CC(=O)OC(C)(C)C)CC([C@H](O)NCCN(CCN[C@@H](O)C(CN(CCN(CC(=O)OC(C)(C)C)CC(=O)OC(C)(C)C)CC(=O)OC(C)(C)C)N(CC(=O)OC(C)(C)C)CC(=O)OC(C)(C)C)CC(O)O)N(CC(=O)OC(C)(C)C)CC(=O)OC(C)(C)C)CC(=O)OC(C)(C)C. The van der Waals surface area contributed by atoms with E-state index in [0.29, 0.717) is 0 Å². The molecule has 0 saturated carbocycles. The van der Waals surface area contributed by atoms with Gasteiger partial charge in [0.2, 0.25) is 0 Å². The number of carbonyl (C=O) groups is 10. The summed E-state index contributed by atoms with van der Waals surface area (Å²) in [6.45, 7) is 43.0. The van der Waals surface area contributed by atoms with Crippen molar-refractivity contribution in [3.63, 3.8) is 0 Å². The quantitative estimate of drug-likeness (QED) is 0.0289. The number of ether oxygens (including phenoxy) is 10. The van der Waals surface area contributed by atoms with E-state index >= 15 is 0 Å². The Bertz CT molecular complexity index is 2540. The fourth-order valence-corrected chi connectivity index (χ4v) is 10.4. The molecule has 0 aromatic heterocycles. The first-order chi connectivity index (χ1) is 48.9. The van der Waals surface area contributed by atoms with E-state index in [0.717, 1.165) is 0 Å². The maximum atomic E-state index is 14.0. The van der Waals surface area contributed by atoms with Crippen molar-refractivity contribution in [2.75, 3.05) is 137 Å². The number of nitrogens with zero attached hydrogens (tertiary/aromatic N) is 7. The van der Waals surface area contributed by atoms with Crippen LogP contribution in [0.1, 0.15) is 208 Å². The van der Waals surface area contributed by atoms with Crippen LogP contribution in [0, 0.1) is 0 Å². The zero-order chi connectivity index (χ0) is 85.0. The Morgan fingerprint density at radius 1 is 0.239 bits per heavy atom. The van der Waals surface area contributed by atoms with Crippen LogP contribution in [0.2, 0.25) is 0 Å². The molecule has 0 aliphatic carbocycles. The third kappa shape index (κ3) is 57.0. The summed E-state index contributed by atoms with van der Waals surface area (Å²) >= 11 is 0. The molecule has 0 aliphatic heterocycles. The highest BCUT2D eigenvalue weighted by atomic mass is 16.6. The van der Waals surface area contributed by atoms with E-state index in [1.807, 2.05) is 0 Å². The fourth-order valence-electron chi connectivity index (χ4n) is 10.4. The van der Waals surface area contributed by atoms with Crippen molar-refractivity contribution in [3.05, 3.63) is 0 Å². The van der Waals surface area contributed by atoms with Gasteiger partial charge < -0.3 is 67.8 Å². The lowest BCUT2D eigenvalue weighted by Crippen LogP contribution is -2.60. The summed E-state index contributed by atoms with van der Waals surface area (Å²) < 4.78 is 57.1. The lowest BCUT2D eigenvalue weighted by molar-refractivity contribution is -0.165. The second kappa shape index (κ2) is 44.6. The molecule has 0 saturated heterocycles. The summed E-state index contributed by atoms with van der Waals surface area (Å²) in [5, 5.41) is 52.5. The molecule has 0 amide bonds. The molecular formula is C76H143N9O24. The van der Waals surface area contributed by atoms with Crippen molar-refractivity contribution < 1.29 is 116 Å². The molecule has 636 valence electrons. The van der Waals surface area contributed by atoms with Gasteiger partial charge in [-0.15, -0.1) is 0 Å². The minimum absolute atomic E-state index is 0.0944. The molecule has 0 aromatic rings. The average Bonchev–Trinajstić information content (AvgIpc) is 0.843. The first-order valence-corrected chi connectivity index (χ1v) is 37.4. The van der Waals surface area contributed by atoms with Gasteiger partial charge >= 0.3 is 59.7 Å². The third-order valence-corrected chi connectivity index (χ3v) is 13.7. The molecule has 4 atom stereocenters. The van der Waals surface area contributed by atoms with Gasteiger partial charge in [0, 0.05) is 72.0 Å². The number of hydrogen-bond donors (Lipinski definition) is 6. The van der Waals surface area contributed by atoms with E-state index < -0.39 is 219 Å². The highest BCUT2D eigenvalue weighted by Gasteiger charge is 2.39. The topological polar surface area (TPSA) is 391 Å². The van der Waals surface area contributed by atoms with E-state index in [4.69, 9.17) is 47.4 Å². The molecule has 33 heteroatoms. The summed E-state index contributed by atoms with van der Waals surface area (Å²) in [5.41, 5.74) is -9.67. The van der Waals surface area contributed by atoms with Crippen LogP contribution in [0.15, 0.2) is 0 Å². The van der Waals surface area contributed by atoms with Crippen molar-refractivity contribution in [3.8, 4) is 0 Å². The minimum atomic E-state index is -1.95. The van der Waals surface area contributed by atoms with Gasteiger partial charge in [0.1, 0.15) is 68.5 Å². The number of esters is 10. The molecule has 33 nitrogen and oxygen atoms in total. The Morgan fingerprint density at radius 2 is 0.404 bits per heavy atom. The Hall–Kier alpha value is -5.82. The third-order valence-electron chi connectivity index (χ3n) is 13.7. The molecule has 0 bridgehead atoms. The lowest BCUT2D eigenvalue weighted by atomic mass is 10.1. The molecule has 0 aromatic carbocycles. The van der Waals surface area contributed by atoms with Gasteiger partial charge in [-0.05, 0) is 208 Å². The summed E-state index contributed by atoms with van der Waals surface area (Å²) in [4.78, 5) is 148. The minimum Gasteiger partial charge on any atom is -0.459 e. The Labute approximate surface area is 649 Å². The Morgan fingerprint density at radius 3 is 0.578 bits per heavy atom. The molecule has 0 aliphatic rings. The Kier molecular flexibility index (Phi) is 42.2. The van der Waals surface area contributed by atoms with Crippen LogP contribution in [-0.4, -0.2) is 339 Å². The smallest absolute Gasteiger partial charge is 0.320 e. The monoisotopic (exact) mass is 1570 g/mol. The molecule has 0 fully saturated rings. The Balaban J connectivity index is 8.28. The molecule has 0 heterocycles. The molecule has 0 rings (SSSR count). The largest absolute Gasteiger partial charge is 0.459 e. The normalized spacial score (nSPS) is 14.4. The highest BCUT2D eigenvalue weighted by Crippen LogP contribution is 2.21. The van der Waals surface area contributed by atoms with Crippen molar-refractivity contribution in [2.24, 2.45) is 0 Å². The fraction of sp³-hybridized carbons (Fsp3) is 0.868. The van der Waals surface area contributed by atoms with Crippen molar-refractivity contribution in [1.82, 2.24) is 44.9 Å². The molecular weight excluding hydrogens is 1420 g/mol. The molecule has 0 radical (unpaired) electrons. The van der Waals surface area contributed by atoms with E-state index in [9.17, 15) is 68.4 Å². The van der Waals surface area contributed by atoms with E-state index in [1.165, 1.54) is 19.6 Å². The van der Waals surface area contributed by atoms with Crippen LogP contribution < -0.4 is 10.6 Å². The molecule has 6 N–H and O–H groups in total. The van der Waals surface area contributed by atoms with Gasteiger partial charge in [-0.25, -0.2) is 0 Å². The van der Waals surface area contributed by atoms with Gasteiger partial charge in [0.15, 0.2) is 6.29 Å². The van der Waals surface area contributed by atoms with Crippen LogP contribution >= 0.6 is 0 Å². The maximum absolute atomic E-state index is 14.0. The first kappa shape index (κ1) is 103. The van der Waals surface area contributed by atoms with Crippen LogP contribution in [0.25, 0.3) is 0 Å². The number of nitrogens with one attached hydrogen (secondary N) is 2. The second-order valence-electron chi connectivity index (χ2n) is 37.3.